The van der Waals surface area contributed by atoms with Crippen molar-refractivity contribution in [2.45, 2.75) is 31.7 Å². The van der Waals surface area contributed by atoms with Crippen LogP contribution >= 0.6 is 0 Å². The zero-order chi connectivity index (χ0) is 24.4. The Labute approximate surface area is 201 Å². The van der Waals surface area contributed by atoms with Gasteiger partial charge in [0.05, 0.1) is 30.0 Å². The first-order valence-corrected chi connectivity index (χ1v) is 11.6. The van der Waals surface area contributed by atoms with Gasteiger partial charge in [-0.25, -0.2) is 14.4 Å². The van der Waals surface area contributed by atoms with Gasteiger partial charge in [0.25, 0.3) is 11.5 Å². The number of pyridine rings is 1. The van der Waals surface area contributed by atoms with E-state index in [1.54, 1.807) is 35.9 Å². The monoisotopic (exact) mass is 482 g/mol. The molecule has 0 aliphatic carbocycles. The molecule has 0 unspecified atom stereocenters. The van der Waals surface area contributed by atoms with Gasteiger partial charge in [0, 0.05) is 38.3 Å². The molecular formula is C24H27FN6O4. The van der Waals surface area contributed by atoms with Crippen molar-refractivity contribution in [1.82, 2.24) is 24.8 Å². The second-order valence-electron chi connectivity index (χ2n) is 8.68. The van der Waals surface area contributed by atoms with E-state index in [0.717, 1.165) is 0 Å². The predicted octanol–water partition coefficient (Wildman–Crippen LogP) is 1.33. The molecule has 2 aliphatic rings. The molecule has 35 heavy (non-hydrogen) atoms. The second-order valence-corrected chi connectivity index (χ2v) is 8.68. The molecule has 11 heteroatoms. The summed E-state index contributed by atoms with van der Waals surface area (Å²) in [6.45, 7) is 2.34. The first-order valence-electron chi connectivity index (χ1n) is 11.6. The molecule has 1 amide bonds. The van der Waals surface area contributed by atoms with E-state index in [2.05, 4.69) is 20.6 Å². The van der Waals surface area contributed by atoms with Crippen molar-refractivity contribution in [1.29, 1.82) is 0 Å². The van der Waals surface area contributed by atoms with Crippen molar-refractivity contribution in [3.8, 4) is 11.5 Å². The SMILES string of the molecule is COc1ccc2ncc(=O)n(CCN3CC[C@H](NCc4ccc5c(n4)NC(=O)CO5)[C@@H](F)C3)c2c1. The number of piperidine rings is 1. The van der Waals surface area contributed by atoms with E-state index >= 15 is 0 Å². The number of alkyl halides is 1. The van der Waals surface area contributed by atoms with Gasteiger partial charge in [-0.15, -0.1) is 0 Å². The van der Waals surface area contributed by atoms with Crippen LogP contribution in [-0.2, 0) is 17.9 Å². The fraction of sp³-hybridized carbons (Fsp3) is 0.417. The number of nitrogens with zero attached hydrogens (tertiary/aromatic N) is 4. The van der Waals surface area contributed by atoms with E-state index in [9.17, 15) is 14.0 Å². The van der Waals surface area contributed by atoms with Crippen LogP contribution in [0.1, 0.15) is 12.1 Å². The maximum atomic E-state index is 15.0. The number of hydrogen-bond donors (Lipinski definition) is 2. The molecule has 184 valence electrons. The van der Waals surface area contributed by atoms with E-state index in [1.807, 2.05) is 11.0 Å². The first kappa shape index (κ1) is 23.2. The molecule has 0 radical (unpaired) electrons. The van der Waals surface area contributed by atoms with Crippen LogP contribution in [0, 0.1) is 0 Å². The lowest BCUT2D eigenvalue weighted by Gasteiger charge is -2.35. The van der Waals surface area contributed by atoms with Crippen molar-refractivity contribution in [2.75, 3.05) is 38.7 Å². The number of anilines is 1. The van der Waals surface area contributed by atoms with Crippen molar-refractivity contribution >= 4 is 22.8 Å². The molecule has 1 saturated heterocycles. The van der Waals surface area contributed by atoms with Crippen LogP contribution < -0.4 is 25.7 Å². The highest BCUT2D eigenvalue weighted by molar-refractivity contribution is 5.94. The second kappa shape index (κ2) is 9.96. The summed E-state index contributed by atoms with van der Waals surface area (Å²) in [5.41, 5.74) is 1.91. The third kappa shape index (κ3) is 5.10. The summed E-state index contributed by atoms with van der Waals surface area (Å²) in [5.74, 6) is 1.33. The van der Waals surface area contributed by atoms with Gasteiger partial charge in [0.1, 0.15) is 11.9 Å². The first-order chi connectivity index (χ1) is 17.0. The van der Waals surface area contributed by atoms with Crippen LogP contribution in [0.15, 0.2) is 41.3 Å². The van der Waals surface area contributed by atoms with Gasteiger partial charge in [-0.2, -0.15) is 0 Å². The van der Waals surface area contributed by atoms with Crippen LogP contribution in [0.25, 0.3) is 11.0 Å². The van der Waals surface area contributed by atoms with Gasteiger partial charge in [-0.3, -0.25) is 14.5 Å². The van der Waals surface area contributed by atoms with Crippen molar-refractivity contribution in [3.63, 3.8) is 0 Å². The molecule has 0 saturated carbocycles. The quantitative estimate of drug-likeness (QED) is 0.519. The van der Waals surface area contributed by atoms with Gasteiger partial charge >= 0.3 is 0 Å². The number of halogens is 1. The summed E-state index contributed by atoms with van der Waals surface area (Å²) >= 11 is 0. The number of fused-ring (bicyclic) bond motifs is 2. The fourth-order valence-corrected chi connectivity index (χ4v) is 4.48. The highest BCUT2D eigenvalue weighted by Gasteiger charge is 2.29. The molecule has 5 rings (SSSR count). The number of hydrogen-bond acceptors (Lipinski definition) is 8. The van der Waals surface area contributed by atoms with Crippen LogP contribution in [0.5, 0.6) is 11.5 Å². The molecule has 1 aromatic carbocycles. The summed E-state index contributed by atoms with van der Waals surface area (Å²) < 4.78 is 27.3. The van der Waals surface area contributed by atoms with E-state index < -0.39 is 6.17 Å². The molecule has 10 nitrogen and oxygen atoms in total. The third-order valence-electron chi connectivity index (χ3n) is 6.40. The Morgan fingerprint density at radius 2 is 2.14 bits per heavy atom. The number of carbonyl (C=O) groups is 1. The van der Waals surface area contributed by atoms with Crippen LogP contribution in [0.4, 0.5) is 10.2 Å². The zero-order valence-electron chi connectivity index (χ0n) is 19.4. The van der Waals surface area contributed by atoms with Crippen LogP contribution in [-0.4, -0.2) is 70.9 Å². The summed E-state index contributed by atoms with van der Waals surface area (Å²) in [6, 6.07) is 8.68. The molecule has 0 spiro atoms. The Kier molecular flexibility index (Phi) is 6.60. The largest absolute Gasteiger partial charge is 0.497 e. The Morgan fingerprint density at radius 1 is 1.26 bits per heavy atom. The topological polar surface area (TPSA) is 111 Å². The molecule has 2 atom stereocenters. The molecular weight excluding hydrogens is 455 g/mol. The summed E-state index contributed by atoms with van der Waals surface area (Å²) in [6.07, 6.45) is 0.886. The minimum absolute atomic E-state index is 0.0193. The average molecular weight is 483 g/mol. The molecule has 3 aromatic rings. The highest BCUT2D eigenvalue weighted by atomic mass is 19.1. The molecule has 2 N–H and O–H groups in total. The third-order valence-corrected chi connectivity index (χ3v) is 6.40. The van der Waals surface area contributed by atoms with Gasteiger partial charge in [0.2, 0.25) is 0 Å². The Morgan fingerprint density at radius 3 is 2.97 bits per heavy atom. The molecule has 4 heterocycles. The lowest BCUT2D eigenvalue weighted by Crippen LogP contribution is -2.51. The Hall–Kier alpha value is -3.57. The predicted molar refractivity (Wildman–Crippen MR) is 127 cm³/mol. The number of ether oxygens (including phenoxy) is 2. The number of rotatable bonds is 7. The van der Waals surface area contributed by atoms with E-state index in [1.165, 1.54) is 6.20 Å². The smallest absolute Gasteiger partial charge is 0.269 e. The molecule has 2 aromatic heterocycles. The fourth-order valence-electron chi connectivity index (χ4n) is 4.48. The summed E-state index contributed by atoms with van der Waals surface area (Å²) in [5, 5.41) is 5.93. The number of nitrogens with one attached hydrogen (secondary N) is 2. The lowest BCUT2D eigenvalue weighted by molar-refractivity contribution is -0.118. The van der Waals surface area contributed by atoms with Crippen molar-refractivity contribution in [3.05, 3.63) is 52.6 Å². The van der Waals surface area contributed by atoms with E-state index in [-0.39, 0.29) is 30.7 Å². The number of benzene rings is 1. The maximum Gasteiger partial charge on any atom is 0.269 e. The van der Waals surface area contributed by atoms with E-state index in [4.69, 9.17) is 9.47 Å². The van der Waals surface area contributed by atoms with Gasteiger partial charge in [0.15, 0.2) is 18.2 Å². The minimum atomic E-state index is -1.06. The molecule has 1 fully saturated rings. The lowest BCUT2D eigenvalue weighted by atomic mass is 10.0. The Balaban J connectivity index is 1.17. The minimum Gasteiger partial charge on any atom is -0.497 e. The molecule has 0 bridgehead atoms. The maximum absolute atomic E-state index is 15.0. The zero-order valence-corrected chi connectivity index (χ0v) is 19.4. The standard InChI is InChI=1S/C24H27FN6O4/c1-34-16-3-4-19-20(10-16)31(23(33)12-27-19)9-8-30-7-6-18(17(25)13-30)26-11-15-2-5-21-24(28-15)29-22(32)14-35-21/h2-5,10,12,17-18,26H,6-9,11,13-14H2,1H3,(H,28,29,32)/t17-,18-/m0/s1. The van der Waals surface area contributed by atoms with E-state index in [0.29, 0.717) is 66.6 Å². The van der Waals surface area contributed by atoms with Gasteiger partial charge in [-0.05, 0) is 37.2 Å². The number of likely N-dealkylation sites (tertiary alicyclic amines) is 1. The van der Waals surface area contributed by atoms with Gasteiger partial charge in [-0.1, -0.05) is 0 Å². The number of aromatic nitrogens is 3. The van der Waals surface area contributed by atoms with Gasteiger partial charge < -0.3 is 24.7 Å². The number of carbonyl (C=O) groups excluding carboxylic acids is 1. The number of amides is 1. The number of methoxy groups -OCH3 is 1. The van der Waals surface area contributed by atoms with Crippen LogP contribution in [0.2, 0.25) is 0 Å². The molecule has 2 aliphatic heterocycles. The summed E-state index contributed by atoms with van der Waals surface area (Å²) in [7, 11) is 1.58. The Bertz CT molecular complexity index is 1300. The van der Waals surface area contributed by atoms with Crippen molar-refractivity contribution in [2.24, 2.45) is 0 Å². The average Bonchev–Trinajstić information content (AvgIpc) is 2.87. The summed E-state index contributed by atoms with van der Waals surface area (Å²) in [4.78, 5) is 34.6. The van der Waals surface area contributed by atoms with Crippen LogP contribution in [0.3, 0.4) is 0 Å². The van der Waals surface area contributed by atoms with Crippen molar-refractivity contribution < 1.29 is 18.7 Å². The highest BCUT2D eigenvalue weighted by Crippen LogP contribution is 2.25. The normalized spacial score (nSPS) is 20.2.